The highest BCUT2D eigenvalue weighted by Gasteiger charge is 2.26. The number of benzene rings is 2. The van der Waals surface area contributed by atoms with Gasteiger partial charge in [-0.1, -0.05) is 48.5 Å². The Morgan fingerprint density at radius 3 is 2.35 bits per heavy atom. The summed E-state index contributed by atoms with van der Waals surface area (Å²) < 4.78 is 5.37. The Bertz CT molecular complexity index is 646. The summed E-state index contributed by atoms with van der Waals surface area (Å²) in [6.45, 7) is 1.67. The van der Waals surface area contributed by atoms with E-state index in [1.54, 1.807) is 12.1 Å². The summed E-state index contributed by atoms with van der Waals surface area (Å²) in [5, 5.41) is 20.3. The Hall–Kier alpha value is -2.37. The predicted molar refractivity (Wildman–Crippen MR) is 88.5 cm³/mol. The number of β-amino-alcohol motifs (C(OH)–C–C–N with tert-alkyl or cyclic N) is 1. The van der Waals surface area contributed by atoms with E-state index in [9.17, 15) is 10.2 Å². The van der Waals surface area contributed by atoms with Crippen LogP contribution in [0.3, 0.4) is 0 Å². The van der Waals surface area contributed by atoms with Gasteiger partial charge in [0.1, 0.15) is 17.7 Å². The minimum absolute atomic E-state index is 0.266. The van der Waals surface area contributed by atoms with Gasteiger partial charge in [0.15, 0.2) is 0 Å². The number of hydrogen-bond acceptors (Lipinski definition) is 5. The first-order valence-electron chi connectivity index (χ1n) is 7.67. The van der Waals surface area contributed by atoms with Crippen molar-refractivity contribution >= 4 is 5.84 Å². The van der Waals surface area contributed by atoms with Crippen LogP contribution in [0.15, 0.2) is 65.7 Å². The van der Waals surface area contributed by atoms with Crippen molar-refractivity contribution in [3.63, 3.8) is 0 Å². The molecule has 0 bridgehead atoms. The van der Waals surface area contributed by atoms with E-state index in [1.807, 2.05) is 53.4 Å². The van der Waals surface area contributed by atoms with Gasteiger partial charge in [0, 0.05) is 12.1 Å². The zero-order valence-corrected chi connectivity index (χ0v) is 12.7. The molecule has 2 unspecified atom stereocenters. The minimum atomic E-state index is -1.28. The predicted octanol–water partition coefficient (Wildman–Crippen LogP) is 1.51. The Balaban J connectivity index is 1.61. The van der Waals surface area contributed by atoms with Crippen molar-refractivity contribution in [3.05, 3.63) is 66.2 Å². The zero-order chi connectivity index (χ0) is 16.1. The molecular formula is C18H20N2O3. The Morgan fingerprint density at radius 2 is 1.65 bits per heavy atom. The molecular weight excluding hydrogens is 292 g/mol. The fraction of sp³-hybridized carbons (Fsp3) is 0.278. The monoisotopic (exact) mass is 312 g/mol. The minimum Gasteiger partial charge on any atom is -0.462 e. The van der Waals surface area contributed by atoms with Crippen molar-refractivity contribution < 1.29 is 14.9 Å². The molecule has 120 valence electrons. The molecule has 0 amide bonds. The maximum absolute atomic E-state index is 10.2. The molecule has 5 heteroatoms. The lowest BCUT2D eigenvalue weighted by molar-refractivity contribution is -0.107. The fourth-order valence-corrected chi connectivity index (χ4v) is 2.55. The molecule has 2 aromatic carbocycles. The molecule has 0 aromatic heterocycles. The fourth-order valence-electron chi connectivity index (χ4n) is 2.55. The van der Waals surface area contributed by atoms with Gasteiger partial charge in [0.2, 0.25) is 6.29 Å². The van der Waals surface area contributed by atoms with Crippen LogP contribution in [0.25, 0.3) is 0 Å². The molecule has 1 aliphatic rings. The van der Waals surface area contributed by atoms with E-state index < -0.39 is 12.4 Å². The Morgan fingerprint density at radius 1 is 1.00 bits per heavy atom. The van der Waals surface area contributed by atoms with Crippen LogP contribution >= 0.6 is 0 Å². The van der Waals surface area contributed by atoms with Crippen LogP contribution in [0.2, 0.25) is 0 Å². The quantitative estimate of drug-likeness (QED) is 0.794. The number of nitrogens with zero attached hydrogens (tertiary/aromatic N) is 2. The van der Waals surface area contributed by atoms with Crippen LogP contribution in [-0.2, 0) is 0 Å². The van der Waals surface area contributed by atoms with Gasteiger partial charge in [0.25, 0.3) is 0 Å². The highest BCUT2D eigenvalue weighted by Crippen LogP contribution is 2.15. The van der Waals surface area contributed by atoms with E-state index in [4.69, 9.17) is 4.74 Å². The van der Waals surface area contributed by atoms with E-state index in [0.717, 1.165) is 17.9 Å². The SMILES string of the molecule is OC(CN1CCN=C1c1ccccc1)C(O)Oc1ccccc1. The lowest BCUT2D eigenvalue weighted by atomic mass is 10.2. The highest BCUT2D eigenvalue weighted by atomic mass is 16.6. The lowest BCUT2D eigenvalue weighted by Crippen LogP contribution is -2.43. The summed E-state index contributed by atoms with van der Waals surface area (Å²) >= 11 is 0. The maximum atomic E-state index is 10.2. The van der Waals surface area contributed by atoms with Crippen LogP contribution in [0.1, 0.15) is 5.56 Å². The Labute approximate surface area is 135 Å². The molecule has 2 atom stereocenters. The molecule has 5 nitrogen and oxygen atoms in total. The van der Waals surface area contributed by atoms with Gasteiger partial charge in [-0.25, -0.2) is 0 Å². The number of aliphatic hydroxyl groups is 2. The van der Waals surface area contributed by atoms with Crippen LogP contribution in [0, 0.1) is 0 Å². The van der Waals surface area contributed by atoms with E-state index in [0.29, 0.717) is 12.3 Å². The molecule has 0 aliphatic carbocycles. The van der Waals surface area contributed by atoms with Gasteiger partial charge in [-0.2, -0.15) is 0 Å². The first kappa shape index (κ1) is 15.5. The summed E-state index contributed by atoms with van der Waals surface area (Å²) in [5.74, 6) is 1.37. The average molecular weight is 312 g/mol. The molecule has 0 saturated carbocycles. The molecule has 0 saturated heterocycles. The summed E-state index contributed by atoms with van der Waals surface area (Å²) in [4.78, 5) is 6.46. The highest BCUT2D eigenvalue weighted by molar-refractivity contribution is 5.99. The van der Waals surface area contributed by atoms with Crippen LogP contribution in [0.5, 0.6) is 5.75 Å². The second kappa shape index (κ2) is 7.26. The molecule has 1 aliphatic heterocycles. The second-order valence-electron chi connectivity index (χ2n) is 5.41. The normalized spacial score (nSPS) is 16.8. The first-order chi connectivity index (χ1) is 11.2. The number of aliphatic hydroxyl groups excluding tert-OH is 2. The van der Waals surface area contributed by atoms with Crippen molar-refractivity contribution in [3.8, 4) is 5.75 Å². The summed E-state index contributed by atoms with van der Waals surface area (Å²) in [6, 6.07) is 18.8. The molecule has 0 fully saturated rings. The van der Waals surface area contributed by atoms with Crippen molar-refractivity contribution in [2.75, 3.05) is 19.6 Å². The average Bonchev–Trinajstić information content (AvgIpc) is 3.04. The Kier molecular flexibility index (Phi) is 4.90. The van der Waals surface area contributed by atoms with Gasteiger partial charge in [-0.05, 0) is 12.1 Å². The van der Waals surface area contributed by atoms with E-state index in [1.165, 1.54) is 0 Å². The number of aliphatic imine (C=N–C) groups is 1. The molecule has 2 N–H and O–H groups in total. The van der Waals surface area contributed by atoms with Gasteiger partial charge in [-0.15, -0.1) is 0 Å². The summed E-state index contributed by atoms with van der Waals surface area (Å²) in [6.07, 6.45) is -2.31. The summed E-state index contributed by atoms with van der Waals surface area (Å²) in [5.41, 5.74) is 1.01. The molecule has 3 rings (SSSR count). The maximum Gasteiger partial charge on any atom is 0.225 e. The van der Waals surface area contributed by atoms with Gasteiger partial charge in [0.05, 0.1) is 13.1 Å². The molecule has 1 heterocycles. The number of ether oxygens (including phenoxy) is 1. The third-order valence-corrected chi connectivity index (χ3v) is 3.70. The first-order valence-corrected chi connectivity index (χ1v) is 7.67. The van der Waals surface area contributed by atoms with Gasteiger partial charge >= 0.3 is 0 Å². The standard InChI is InChI=1S/C18H20N2O3/c21-16(18(22)23-15-9-5-2-6-10-15)13-20-12-11-19-17(20)14-7-3-1-4-8-14/h1-10,16,18,21-22H,11-13H2. The van der Waals surface area contributed by atoms with E-state index in [-0.39, 0.29) is 6.54 Å². The van der Waals surface area contributed by atoms with E-state index in [2.05, 4.69) is 4.99 Å². The van der Waals surface area contributed by atoms with Gasteiger partial charge in [-0.3, -0.25) is 4.99 Å². The van der Waals surface area contributed by atoms with Crippen LogP contribution in [0.4, 0.5) is 0 Å². The molecule has 0 radical (unpaired) electrons. The van der Waals surface area contributed by atoms with Crippen LogP contribution < -0.4 is 4.74 Å². The largest absolute Gasteiger partial charge is 0.462 e. The zero-order valence-electron chi connectivity index (χ0n) is 12.7. The summed E-state index contributed by atoms with van der Waals surface area (Å²) in [7, 11) is 0. The number of amidine groups is 1. The van der Waals surface area contributed by atoms with Crippen molar-refractivity contribution in [1.29, 1.82) is 0 Å². The van der Waals surface area contributed by atoms with Gasteiger partial charge < -0.3 is 19.8 Å². The molecule has 23 heavy (non-hydrogen) atoms. The topological polar surface area (TPSA) is 65.3 Å². The third kappa shape index (κ3) is 3.88. The number of hydrogen-bond donors (Lipinski definition) is 2. The van der Waals surface area contributed by atoms with Crippen molar-refractivity contribution in [1.82, 2.24) is 4.90 Å². The lowest BCUT2D eigenvalue weighted by Gasteiger charge is -2.26. The van der Waals surface area contributed by atoms with Crippen molar-refractivity contribution in [2.24, 2.45) is 4.99 Å². The number of rotatable bonds is 6. The van der Waals surface area contributed by atoms with Crippen LogP contribution in [-0.4, -0.2) is 53.0 Å². The van der Waals surface area contributed by atoms with Crippen molar-refractivity contribution in [2.45, 2.75) is 12.4 Å². The van der Waals surface area contributed by atoms with E-state index >= 15 is 0 Å². The number of para-hydroxylation sites is 1. The molecule has 2 aromatic rings. The smallest absolute Gasteiger partial charge is 0.225 e. The second-order valence-corrected chi connectivity index (χ2v) is 5.41. The molecule has 0 spiro atoms. The third-order valence-electron chi connectivity index (χ3n) is 3.70.